The Bertz CT molecular complexity index is 1560. The first-order valence-electron chi connectivity index (χ1n) is 12.5. The lowest BCUT2D eigenvalue weighted by Gasteiger charge is -2.28. The van der Waals surface area contributed by atoms with Gasteiger partial charge in [0.25, 0.3) is 11.8 Å². The molecule has 2 aromatic carbocycles. The Labute approximate surface area is 236 Å². The molecule has 3 aromatic rings. The number of urea groups is 1. The van der Waals surface area contributed by atoms with Crippen molar-refractivity contribution < 1.29 is 33.4 Å². The van der Waals surface area contributed by atoms with E-state index in [1.54, 1.807) is 54.8 Å². The zero-order valence-electron chi connectivity index (χ0n) is 22.7. The highest BCUT2D eigenvalue weighted by atomic mass is 35.5. The van der Waals surface area contributed by atoms with E-state index in [0.29, 0.717) is 39.9 Å². The van der Waals surface area contributed by atoms with Crippen molar-refractivity contribution in [3.05, 3.63) is 75.6 Å². The number of imide groups is 2. The Morgan fingerprint density at radius 2 is 1.70 bits per heavy atom. The van der Waals surface area contributed by atoms with Crippen LogP contribution >= 0.6 is 11.6 Å². The number of ether oxygens (including phenoxy) is 3. The van der Waals surface area contributed by atoms with Crippen molar-refractivity contribution in [3.63, 3.8) is 0 Å². The standard InChI is InChI=1S/C29H28ClN3O7/c1-6-39-20-9-11-25(40-7-2)24(15-20)33-27(35)21(26(34)31-29(33)37)13-19-12-16(3)32(17(19)4)23-14-18(28(36)38-5)8-10-22(23)30/h8-15H,6-7H2,1-5H3,(H,31,34,37)/b21-13+. The molecule has 0 radical (unpaired) electrons. The minimum Gasteiger partial charge on any atom is -0.494 e. The second kappa shape index (κ2) is 11.7. The molecule has 11 heteroatoms. The third kappa shape index (κ3) is 5.30. The Kier molecular flexibility index (Phi) is 8.29. The molecule has 1 aliphatic heterocycles. The van der Waals surface area contributed by atoms with Crippen LogP contribution in [0.5, 0.6) is 11.5 Å². The van der Waals surface area contributed by atoms with Crippen LogP contribution in [-0.4, -0.2) is 48.7 Å². The monoisotopic (exact) mass is 565 g/mol. The molecule has 1 saturated heterocycles. The summed E-state index contributed by atoms with van der Waals surface area (Å²) in [5.41, 5.74) is 2.64. The molecule has 2 heterocycles. The van der Waals surface area contributed by atoms with Crippen LogP contribution in [0.25, 0.3) is 11.8 Å². The maximum absolute atomic E-state index is 13.7. The van der Waals surface area contributed by atoms with E-state index in [-0.39, 0.29) is 23.6 Å². The fourth-order valence-corrected chi connectivity index (χ4v) is 4.67. The summed E-state index contributed by atoms with van der Waals surface area (Å²) in [6.45, 7) is 7.85. The van der Waals surface area contributed by atoms with Crippen molar-refractivity contribution in [2.24, 2.45) is 0 Å². The molecule has 1 aliphatic rings. The summed E-state index contributed by atoms with van der Waals surface area (Å²) in [6, 6.07) is 10.4. The molecule has 4 amide bonds. The van der Waals surface area contributed by atoms with Crippen molar-refractivity contribution >= 4 is 47.2 Å². The number of hydrogen-bond donors (Lipinski definition) is 1. The molecule has 1 N–H and O–H groups in total. The maximum atomic E-state index is 13.7. The number of aryl methyl sites for hydroxylation is 1. The summed E-state index contributed by atoms with van der Waals surface area (Å²) in [5, 5.41) is 2.62. The topological polar surface area (TPSA) is 116 Å². The molecular formula is C29H28ClN3O7. The summed E-state index contributed by atoms with van der Waals surface area (Å²) in [4.78, 5) is 52.4. The number of esters is 1. The van der Waals surface area contributed by atoms with Crippen LogP contribution in [0.4, 0.5) is 10.5 Å². The number of hydrogen-bond acceptors (Lipinski definition) is 7. The fourth-order valence-electron chi connectivity index (χ4n) is 4.47. The van der Waals surface area contributed by atoms with Gasteiger partial charge in [-0.15, -0.1) is 0 Å². The normalized spacial score (nSPS) is 14.4. The number of halogens is 1. The number of carbonyl (C=O) groups excluding carboxylic acids is 4. The fraction of sp³-hybridized carbons (Fsp3) is 0.241. The summed E-state index contributed by atoms with van der Waals surface area (Å²) in [5.74, 6) is -1.46. The second-order valence-electron chi connectivity index (χ2n) is 8.77. The lowest BCUT2D eigenvalue weighted by atomic mass is 10.1. The number of carbonyl (C=O) groups is 4. The maximum Gasteiger partial charge on any atom is 0.337 e. The van der Waals surface area contributed by atoms with Crippen molar-refractivity contribution in [3.8, 4) is 17.2 Å². The number of benzene rings is 2. The lowest BCUT2D eigenvalue weighted by molar-refractivity contribution is -0.122. The highest BCUT2D eigenvalue weighted by molar-refractivity contribution is 6.39. The van der Waals surface area contributed by atoms with Gasteiger partial charge in [-0.25, -0.2) is 14.5 Å². The van der Waals surface area contributed by atoms with E-state index in [1.807, 2.05) is 13.8 Å². The Hall–Kier alpha value is -4.57. The van der Waals surface area contributed by atoms with Gasteiger partial charge in [0.2, 0.25) is 0 Å². The van der Waals surface area contributed by atoms with Crippen LogP contribution in [0, 0.1) is 13.8 Å². The average Bonchev–Trinajstić information content (AvgIpc) is 3.20. The smallest absolute Gasteiger partial charge is 0.337 e. The largest absolute Gasteiger partial charge is 0.494 e. The van der Waals surface area contributed by atoms with Gasteiger partial charge in [0.05, 0.1) is 42.3 Å². The van der Waals surface area contributed by atoms with Crippen LogP contribution < -0.4 is 19.7 Å². The summed E-state index contributed by atoms with van der Waals surface area (Å²) < 4.78 is 17.8. The summed E-state index contributed by atoms with van der Waals surface area (Å²) in [7, 11) is 1.29. The molecule has 1 aromatic heterocycles. The van der Waals surface area contributed by atoms with Crippen LogP contribution in [-0.2, 0) is 14.3 Å². The molecule has 1 fully saturated rings. The molecule has 40 heavy (non-hydrogen) atoms. The Balaban J connectivity index is 1.80. The number of nitrogens with one attached hydrogen (secondary N) is 1. The third-order valence-corrected chi connectivity index (χ3v) is 6.58. The van der Waals surface area contributed by atoms with Gasteiger partial charge in [0, 0.05) is 17.5 Å². The number of nitrogens with zero attached hydrogens (tertiary/aromatic N) is 2. The molecule has 0 saturated carbocycles. The first-order valence-corrected chi connectivity index (χ1v) is 12.9. The quantitative estimate of drug-likeness (QED) is 0.232. The van der Waals surface area contributed by atoms with E-state index < -0.39 is 23.8 Å². The zero-order chi connectivity index (χ0) is 29.1. The van der Waals surface area contributed by atoms with Crippen molar-refractivity contribution in [2.45, 2.75) is 27.7 Å². The van der Waals surface area contributed by atoms with Gasteiger partial charge in [-0.2, -0.15) is 0 Å². The highest BCUT2D eigenvalue weighted by Crippen LogP contribution is 2.35. The van der Waals surface area contributed by atoms with Gasteiger partial charge in [-0.1, -0.05) is 11.6 Å². The summed E-state index contributed by atoms with van der Waals surface area (Å²) in [6.07, 6.45) is 1.42. The molecule has 10 nitrogen and oxygen atoms in total. The number of amides is 4. The van der Waals surface area contributed by atoms with Crippen LogP contribution in [0.15, 0.2) is 48.0 Å². The van der Waals surface area contributed by atoms with Gasteiger partial charge < -0.3 is 18.8 Å². The number of aromatic nitrogens is 1. The predicted octanol–water partition coefficient (Wildman–Crippen LogP) is 5.00. The minimum atomic E-state index is -0.904. The van der Waals surface area contributed by atoms with Crippen LogP contribution in [0.3, 0.4) is 0 Å². The van der Waals surface area contributed by atoms with E-state index in [0.717, 1.165) is 10.6 Å². The van der Waals surface area contributed by atoms with Crippen molar-refractivity contribution in [2.75, 3.05) is 25.2 Å². The molecule has 0 aliphatic carbocycles. The predicted molar refractivity (Wildman–Crippen MR) is 149 cm³/mol. The van der Waals surface area contributed by atoms with E-state index in [2.05, 4.69) is 5.32 Å². The number of methoxy groups -OCH3 is 1. The molecule has 0 bridgehead atoms. The van der Waals surface area contributed by atoms with Gasteiger partial charge in [0.15, 0.2) is 0 Å². The first-order chi connectivity index (χ1) is 19.1. The molecule has 4 rings (SSSR count). The van der Waals surface area contributed by atoms with E-state index >= 15 is 0 Å². The highest BCUT2D eigenvalue weighted by Gasteiger charge is 2.38. The Morgan fingerprint density at radius 1 is 0.975 bits per heavy atom. The van der Waals surface area contributed by atoms with Gasteiger partial charge >= 0.3 is 12.0 Å². The molecular weight excluding hydrogens is 538 g/mol. The Morgan fingerprint density at radius 3 is 2.38 bits per heavy atom. The zero-order valence-corrected chi connectivity index (χ0v) is 23.4. The summed E-state index contributed by atoms with van der Waals surface area (Å²) >= 11 is 6.48. The number of anilines is 1. The van der Waals surface area contributed by atoms with Gasteiger partial charge in [-0.3, -0.25) is 14.9 Å². The van der Waals surface area contributed by atoms with E-state index in [1.165, 1.54) is 19.3 Å². The van der Waals surface area contributed by atoms with Crippen LogP contribution in [0.1, 0.15) is 41.2 Å². The van der Waals surface area contributed by atoms with Gasteiger partial charge in [0.1, 0.15) is 17.1 Å². The number of barbiturate groups is 1. The average molecular weight is 566 g/mol. The third-order valence-electron chi connectivity index (χ3n) is 6.26. The number of rotatable bonds is 8. The van der Waals surface area contributed by atoms with Crippen LogP contribution in [0.2, 0.25) is 5.02 Å². The molecule has 208 valence electrons. The lowest BCUT2D eigenvalue weighted by Crippen LogP contribution is -2.54. The molecule has 0 spiro atoms. The van der Waals surface area contributed by atoms with Crippen molar-refractivity contribution in [1.82, 2.24) is 9.88 Å². The van der Waals surface area contributed by atoms with E-state index in [9.17, 15) is 19.2 Å². The van der Waals surface area contributed by atoms with Gasteiger partial charge in [-0.05, 0) is 75.7 Å². The minimum absolute atomic E-state index is 0.144. The molecule has 0 atom stereocenters. The first kappa shape index (κ1) is 28.4. The molecule has 0 unspecified atom stereocenters. The SMILES string of the molecule is CCOc1ccc(OCC)c(N2C(=O)NC(=O)/C(=C\c3cc(C)n(-c4cc(C(=O)OC)ccc4Cl)c3C)C2=O)c1. The second-order valence-corrected chi connectivity index (χ2v) is 9.18. The van der Waals surface area contributed by atoms with Crippen molar-refractivity contribution in [1.29, 1.82) is 0 Å². The van der Waals surface area contributed by atoms with E-state index in [4.69, 9.17) is 25.8 Å².